The van der Waals surface area contributed by atoms with Crippen molar-refractivity contribution in [1.29, 1.82) is 0 Å². The molecule has 0 aromatic heterocycles. The molecule has 0 bridgehead atoms. The highest BCUT2D eigenvalue weighted by molar-refractivity contribution is 5.77. The number of carbonyl (C=O) groups excluding carboxylic acids is 1. The number of hydrogen-bond donors (Lipinski definition) is 2. The van der Waals surface area contributed by atoms with Gasteiger partial charge in [0.2, 0.25) is 0 Å². The molecule has 0 aliphatic heterocycles. The highest BCUT2D eigenvalue weighted by Gasteiger charge is 2.23. The van der Waals surface area contributed by atoms with Crippen molar-refractivity contribution >= 4 is 5.91 Å². The molecule has 0 saturated heterocycles. The number of benzene rings is 2. The third-order valence-electron chi connectivity index (χ3n) is 3.45. The molecule has 1 unspecified atom stereocenters. The van der Waals surface area contributed by atoms with Crippen molar-refractivity contribution in [1.82, 2.24) is 5.32 Å². The van der Waals surface area contributed by atoms with E-state index in [1.165, 1.54) is 0 Å². The smallest absolute Gasteiger partial charge is 0.258 e. The number of amides is 1. The first kappa shape index (κ1) is 16.8. The maximum absolute atomic E-state index is 11.8. The molecule has 0 saturated carbocycles. The largest absolute Gasteiger partial charge is 0.497 e. The normalized spacial score (nSPS) is 13.0. The maximum atomic E-state index is 11.8. The molecular weight excluding hydrogens is 294 g/mol. The lowest BCUT2D eigenvalue weighted by atomic mass is 9.96. The Morgan fingerprint density at radius 2 is 1.70 bits per heavy atom. The zero-order chi connectivity index (χ0) is 16.7. The lowest BCUT2D eigenvalue weighted by molar-refractivity contribution is -0.124. The van der Waals surface area contributed by atoms with Crippen LogP contribution in [0.5, 0.6) is 11.5 Å². The average Bonchev–Trinajstić information content (AvgIpc) is 2.59. The minimum absolute atomic E-state index is 0.113. The monoisotopic (exact) mass is 315 g/mol. The summed E-state index contributed by atoms with van der Waals surface area (Å²) in [5, 5.41) is 13.1. The molecule has 2 rings (SSSR count). The molecule has 2 aromatic carbocycles. The van der Waals surface area contributed by atoms with Crippen LogP contribution in [-0.4, -0.2) is 31.3 Å². The zero-order valence-corrected chi connectivity index (χ0v) is 13.3. The topological polar surface area (TPSA) is 67.8 Å². The number of hydrogen-bond acceptors (Lipinski definition) is 4. The van der Waals surface area contributed by atoms with Crippen LogP contribution in [0.2, 0.25) is 0 Å². The van der Waals surface area contributed by atoms with E-state index < -0.39 is 5.60 Å². The molecule has 1 amide bonds. The van der Waals surface area contributed by atoms with Crippen LogP contribution in [0.25, 0.3) is 0 Å². The molecule has 5 heteroatoms. The predicted octanol–water partition coefficient (Wildman–Crippen LogP) is 2.10. The van der Waals surface area contributed by atoms with Crippen LogP contribution in [0.1, 0.15) is 12.5 Å². The summed E-state index contributed by atoms with van der Waals surface area (Å²) in [6.45, 7) is 1.66. The van der Waals surface area contributed by atoms with Crippen molar-refractivity contribution in [3.63, 3.8) is 0 Å². The number of methoxy groups -OCH3 is 1. The Hall–Kier alpha value is -2.53. The lowest BCUT2D eigenvalue weighted by Crippen LogP contribution is -2.40. The average molecular weight is 315 g/mol. The van der Waals surface area contributed by atoms with Crippen molar-refractivity contribution in [3.05, 3.63) is 60.2 Å². The molecule has 0 radical (unpaired) electrons. The van der Waals surface area contributed by atoms with Gasteiger partial charge in [-0.2, -0.15) is 0 Å². The predicted molar refractivity (Wildman–Crippen MR) is 87.5 cm³/mol. The van der Waals surface area contributed by atoms with E-state index in [0.29, 0.717) is 5.75 Å². The fourth-order valence-corrected chi connectivity index (χ4v) is 2.04. The second-order valence-electron chi connectivity index (χ2n) is 5.38. The fraction of sp³-hybridized carbons (Fsp3) is 0.278. The van der Waals surface area contributed by atoms with E-state index >= 15 is 0 Å². The van der Waals surface area contributed by atoms with Gasteiger partial charge in [0.25, 0.3) is 5.91 Å². The zero-order valence-electron chi connectivity index (χ0n) is 13.3. The quantitative estimate of drug-likeness (QED) is 0.821. The molecule has 5 nitrogen and oxygen atoms in total. The number of carbonyl (C=O) groups is 1. The van der Waals surface area contributed by atoms with Gasteiger partial charge >= 0.3 is 0 Å². The Kier molecular flexibility index (Phi) is 5.60. The number of rotatable bonds is 7. The van der Waals surface area contributed by atoms with Crippen LogP contribution in [0.4, 0.5) is 0 Å². The first-order valence-corrected chi connectivity index (χ1v) is 7.33. The minimum Gasteiger partial charge on any atom is -0.497 e. The first-order chi connectivity index (χ1) is 11.0. The highest BCUT2D eigenvalue weighted by atomic mass is 16.5. The molecule has 23 heavy (non-hydrogen) atoms. The first-order valence-electron chi connectivity index (χ1n) is 7.33. The van der Waals surface area contributed by atoms with Gasteiger partial charge in [-0.3, -0.25) is 4.79 Å². The lowest BCUT2D eigenvalue weighted by Gasteiger charge is -2.24. The van der Waals surface area contributed by atoms with Crippen LogP contribution in [-0.2, 0) is 10.4 Å². The Labute approximate surface area is 135 Å². The van der Waals surface area contributed by atoms with Gasteiger partial charge in [0.05, 0.1) is 13.7 Å². The molecular formula is C18H21NO4. The van der Waals surface area contributed by atoms with Gasteiger partial charge in [-0.05, 0) is 36.8 Å². The van der Waals surface area contributed by atoms with Crippen molar-refractivity contribution < 1.29 is 19.4 Å². The van der Waals surface area contributed by atoms with E-state index in [-0.39, 0.29) is 19.1 Å². The molecule has 0 aliphatic carbocycles. The summed E-state index contributed by atoms with van der Waals surface area (Å²) in [6, 6.07) is 16.2. The summed E-state index contributed by atoms with van der Waals surface area (Å²) in [5.74, 6) is 1.01. The molecule has 2 aromatic rings. The number of nitrogens with one attached hydrogen (secondary N) is 1. The molecule has 0 fully saturated rings. The third-order valence-corrected chi connectivity index (χ3v) is 3.45. The molecule has 0 spiro atoms. The fourth-order valence-electron chi connectivity index (χ4n) is 2.04. The van der Waals surface area contributed by atoms with Gasteiger partial charge in [0.1, 0.15) is 17.1 Å². The van der Waals surface area contributed by atoms with Gasteiger partial charge in [-0.25, -0.2) is 0 Å². The Morgan fingerprint density at radius 3 is 2.30 bits per heavy atom. The molecule has 2 N–H and O–H groups in total. The van der Waals surface area contributed by atoms with Crippen molar-refractivity contribution in [3.8, 4) is 11.5 Å². The third kappa shape index (κ3) is 5.00. The van der Waals surface area contributed by atoms with Crippen LogP contribution in [0, 0.1) is 0 Å². The van der Waals surface area contributed by atoms with Crippen molar-refractivity contribution in [2.24, 2.45) is 0 Å². The van der Waals surface area contributed by atoms with E-state index in [2.05, 4.69) is 5.32 Å². The minimum atomic E-state index is -1.13. The van der Waals surface area contributed by atoms with E-state index in [4.69, 9.17) is 9.47 Å². The van der Waals surface area contributed by atoms with Crippen LogP contribution in [0.3, 0.4) is 0 Å². The van der Waals surface area contributed by atoms with Crippen LogP contribution >= 0.6 is 0 Å². The summed E-state index contributed by atoms with van der Waals surface area (Å²) in [6.07, 6.45) is 0. The molecule has 122 valence electrons. The van der Waals surface area contributed by atoms with E-state index in [1.54, 1.807) is 38.3 Å². The standard InChI is InChI=1S/C18H21NO4/c1-18(21,14-6-4-3-5-7-14)13-19-17(20)12-23-16-10-8-15(22-2)9-11-16/h3-11,21H,12-13H2,1-2H3,(H,19,20). The summed E-state index contributed by atoms with van der Waals surface area (Å²) in [5.41, 5.74) is -0.381. The van der Waals surface area contributed by atoms with Crippen LogP contribution in [0.15, 0.2) is 54.6 Å². The molecule has 1 atom stereocenters. The van der Waals surface area contributed by atoms with Gasteiger partial charge < -0.3 is 19.9 Å². The molecule has 0 aliphatic rings. The van der Waals surface area contributed by atoms with E-state index in [0.717, 1.165) is 11.3 Å². The summed E-state index contributed by atoms with van der Waals surface area (Å²) in [7, 11) is 1.59. The Morgan fingerprint density at radius 1 is 1.09 bits per heavy atom. The van der Waals surface area contributed by atoms with E-state index in [9.17, 15) is 9.90 Å². The summed E-state index contributed by atoms with van der Waals surface area (Å²) in [4.78, 5) is 11.8. The summed E-state index contributed by atoms with van der Waals surface area (Å²) >= 11 is 0. The van der Waals surface area contributed by atoms with Gasteiger partial charge in [0, 0.05) is 0 Å². The molecule has 0 heterocycles. The van der Waals surface area contributed by atoms with Gasteiger partial charge in [-0.15, -0.1) is 0 Å². The Balaban J connectivity index is 1.80. The number of ether oxygens (including phenoxy) is 2. The van der Waals surface area contributed by atoms with Gasteiger partial charge in [-0.1, -0.05) is 30.3 Å². The SMILES string of the molecule is COc1ccc(OCC(=O)NCC(C)(O)c2ccccc2)cc1. The highest BCUT2D eigenvalue weighted by Crippen LogP contribution is 2.19. The van der Waals surface area contributed by atoms with Crippen molar-refractivity contribution in [2.75, 3.05) is 20.3 Å². The van der Waals surface area contributed by atoms with Gasteiger partial charge in [0.15, 0.2) is 6.61 Å². The van der Waals surface area contributed by atoms with Crippen LogP contribution < -0.4 is 14.8 Å². The second-order valence-corrected chi connectivity index (χ2v) is 5.38. The van der Waals surface area contributed by atoms with Crippen molar-refractivity contribution in [2.45, 2.75) is 12.5 Å². The number of aliphatic hydroxyl groups is 1. The second kappa shape index (κ2) is 7.65. The Bertz CT molecular complexity index is 623. The maximum Gasteiger partial charge on any atom is 0.258 e. The van der Waals surface area contributed by atoms with E-state index in [1.807, 2.05) is 30.3 Å². The summed E-state index contributed by atoms with van der Waals surface area (Å²) < 4.78 is 10.4.